The standard InChI is InChI=1S/C13H19N3O3S3/c17-13(15-4-2-14-3-5-15)12-11(1-8-21-12)22(18,19)16-6-9-20-10-7-16/h1,8,14H,2-7,9-10H2. The highest BCUT2D eigenvalue weighted by molar-refractivity contribution is 7.99. The molecule has 2 fully saturated rings. The first-order valence-corrected chi connectivity index (χ1v) is 10.7. The molecule has 1 N–H and O–H groups in total. The van der Waals surface area contributed by atoms with Gasteiger partial charge in [0.2, 0.25) is 10.0 Å². The minimum Gasteiger partial charge on any atom is -0.335 e. The van der Waals surface area contributed by atoms with Gasteiger partial charge in [-0.15, -0.1) is 11.3 Å². The molecule has 0 atom stereocenters. The van der Waals surface area contributed by atoms with Crippen molar-refractivity contribution in [3.8, 4) is 0 Å². The number of carbonyl (C=O) groups is 1. The van der Waals surface area contributed by atoms with Crippen molar-refractivity contribution in [2.75, 3.05) is 50.8 Å². The van der Waals surface area contributed by atoms with Gasteiger partial charge in [0, 0.05) is 50.8 Å². The van der Waals surface area contributed by atoms with Gasteiger partial charge in [0.05, 0.1) is 0 Å². The van der Waals surface area contributed by atoms with Crippen molar-refractivity contribution in [1.82, 2.24) is 14.5 Å². The van der Waals surface area contributed by atoms with Gasteiger partial charge in [-0.2, -0.15) is 16.1 Å². The summed E-state index contributed by atoms with van der Waals surface area (Å²) in [6.45, 7) is 3.78. The van der Waals surface area contributed by atoms with Gasteiger partial charge in [-0.25, -0.2) is 8.42 Å². The second-order valence-electron chi connectivity index (χ2n) is 5.17. The van der Waals surface area contributed by atoms with Crippen molar-refractivity contribution in [3.63, 3.8) is 0 Å². The van der Waals surface area contributed by atoms with E-state index in [0.29, 0.717) is 31.1 Å². The van der Waals surface area contributed by atoms with Gasteiger partial charge in [0.1, 0.15) is 9.77 Å². The monoisotopic (exact) mass is 361 g/mol. The van der Waals surface area contributed by atoms with Crippen molar-refractivity contribution < 1.29 is 13.2 Å². The third-order valence-electron chi connectivity index (χ3n) is 3.82. The van der Waals surface area contributed by atoms with Crippen LogP contribution in [0.1, 0.15) is 9.67 Å². The summed E-state index contributed by atoms with van der Waals surface area (Å²) < 4.78 is 27.1. The van der Waals surface area contributed by atoms with Crippen LogP contribution >= 0.6 is 23.1 Å². The number of amides is 1. The van der Waals surface area contributed by atoms with Gasteiger partial charge in [0.25, 0.3) is 5.91 Å². The molecule has 1 amide bonds. The van der Waals surface area contributed by atoms with E-state index in [1.54, 1.807) is 28.1 Å². The zero-order valence-corrected chi connectivity index (χ0v) is 14.6. The predicted molar refractivity (Wildman–Crippen MR) is 89.2 cm³/mol. The maximum absolute atomic E-state index is 12.8. The Labute approximate surface area is 138 Å². The van der Waals surface area contributed by atoms with Crippen molar-refractivity contribution in [2.45, 2.75) is 4.90 Å². The number of hydrogen-bond acceptors (Lipinski definition) is 6. The zero-order chi connectivity index (χ0) is 15.6. The van der Waals surface area contributed by atoms with Gasteiger partial charge in [0.15, 0.2) is 0 Å². The van der Waals surface area contributed by atoms with Gasteiger partial charge in [-0.1, -0.05) is 0 Å². The highest BCUT2D eigenvalue weighted by atomic mass is 32.2. The summed E-state index contributed by atoms with van der Waals surface area (Å²) in [6, 6.07) is 1.57. The first-order valence-electron chi connectivity index (χ1n) is 7.26. The molecule has 122 valence electrons. The van der Waals surface area contributed by atoms with Gasteiger partial charge >= 0.3 is 0 Å². The first-order chi connectivity index (χ1) is 10.6. The molecule has 0 bridgehead atoms. The van der Waals surface area contributed by atoms with Crippen LogP contribution in [0, 0.1) is 0 Å². The number of sulfonamides is 1. The normalized spacial score (nSPS) is 21.0. The van der Waals surface area contributed by atoms with Crippen LogP contribution in [0.3, 0.4) is 0 Å². The van der Waals surface area contributed by atoms with E-state index in [4.69, 9.17) is 0 Å². The minimum absolute atomic E-state index is 0.165. The molecule has 0 saturated carbocycles. The number of piperazine rings is 1. The van der Waals surface area contributed by atoms with Crippen LogP contribution < -0.4 is 5.32 Å². The number of thiophene rings is 1. The highest BCUT2D eigenvalue weighted by Gasteiger charge is 2.32. The summed E-state index contributed by atoms with van der Waals surface area (Å²) in [4.78, 5) is 14.9. The second-order valence-corrected chi connectivity index (χ2v) is 9.22. The van der Waals surface area contributed by atoms with Crippen LogP contribution in [0.25, 0.3) is 0 Å². The molecular formula is C13H19N3O3S3. The van der Waals surface area contributed by atoms with Crippen LogP contribution in [-0.4, -0.2) is 74.3 Å². The van der Waals surface area contributed by atoms with Crippen LogP contribution in [0.4, 0.5) is 0 Å². The van der Waals surface area contributed by atoms with E-state index in [1.807, 2.05) is 0 Å². The third kappa shape index (κ3) is 3.18. The fourth-order valence-electron chi connectivity index (χ4n) is 2.59. The average Bonchev–Trinajstić information content (AvgIpc) is 3.06. The number of carbonyl (C=O) groups excluding carboxylic acids is 1. The Balaban J connectivity index is 1.86. The van der Waals surface area contributed by atoms with Crippen LogP contribution in [0.15, 0.2) is 16.3 Å². The summed E-state index contributed by atoms with van der Waals surface area (Å²) in [5.41, 5.74) is 0. The molecule has 0 unspecified atom stereocenters. The van der Waals surface area contributed by atoms with Crippen molar-refractivity contribution in [1.29, 1.82) is 0 Å². The SMILES string of the molecule is O=C(c1sccc1S(=O)(=O)N1CCSCC1)N1CCNCC1. The molecule has 9 heteroatoms. The summed E-state index contributed by atoms with van der Waals surface area (Å²) in [7, 11) is -3.57. The number of rotatable bonds is 3. The average molecular weight is 362 g/mol. The number of nitrogens with one attached hydrogen (secondary N) is 1. The summed E-state index contributed by atoms with van der Waals surface area (Å²) in [5, 5.41) is 4.89. The third-order valence-corrected chi connectivity index (χ3v) is 7.73. The van der Waals surface area contributed by atoms with Crippen LogP contribution in [-0.2, 0) is 10.0 Å². The molecule has 1 aromatic heterocycles. The Hall–Kier alpha value is -0.610. The largest absolute Gasteiger partial charge is 0.335 e. The fraction of sp³-hybridized carbons (Fsp3) is 0.615. The Morgan fingerprint density at radius 1 is 1.14 bits per heavy atom. The minimum atomic E-state index is -3.57. The quantitative estimate of drug-likeness (QED) is 0.851. The molecule has 0 radical (unpaired) electrons. The Kier molecular flexibility index (Phi) is 5.08. The molecule has 3 rings (SSSR count). The molecule has 2 aliphatic heterocycles. The number of hydrogen-bond donors (Lipinski definition) is 1. The Morgan fingerprint density at radius 3 is 2.50 bits per heavy atom. The maximum Gasteiger partial charge on any atom is 0.265 e. The van der Waals surface area contributed by atoms with E-state index in [9.17, 15) is 13.2 Å². The van der Waals surface area contributed by atoms with E-state index >= 15 is 0 Å². The molecule has 0 spiro atoms. The van der Waals surface area contributed by atoms with Crippen LogP contribution in [0.2, 0.25) is 0 Å². The van der Waals surface area contributed by atoms with Crippen molar-refractivity contribution >= 4 is 39.0 Å². The molecule has 1 aromatic rings. The lowest BCUT2D eigenvalue weighted by molar-refractivity contribution is 0.0737. The highest BCUT2D eigenvalue weighted by Crippen LogP contribution is 2.28. The van der Waals surface area contributed by atoms with Gasteiger partial charge in [-0.3, -0.25) is 4.79 Å². The lowest BCUT2D eigenvalue weighted by atomic mass is 10.3. The van der Waals surface area contributed by atoms with E-state index < -0.39 is 10.0 Å². The maximum atomic E-state index is 12.8. The second kappa shape index (κ2) is 6.88. The molecule has 0 aliphatic carbocycles. The van der Waals surface area contributed by atoms with E-state index in [0.717, 1.165) is 24.6 Å². The molecule has 2 aliphatic rings. The summed E-state index contributed by atoms with van der Waals surface area (Å²) in [5.74, 6) is 1.45. The Bertz CT molecular complexity index is 632. The molecule has 3 heterocycles. The summed E-state index contributed by atoms with van der Waals surface area (Å²) in [6.07, 6.45) is 0. The number of thioether (sulfide) groups is 1. The molecular weight excluding hydrogens is 342 g/mol. The first kappa shape index (κ1) is 16.3. The topological polar surface area (TPSA) is 69.7 Å². The fourth-order valence-corrected chi connectivity index (χ4v) is 6.53. The van der Waals surface area contributed by atoms with Gasteiger partial charge in [-0.05, 0) is 11.4 Å². The molecule has 2 saturated heterocycles. The van der Waals surface area contributed by atoms with Gasteiger partial charge < -0.3 is 10.2 Å². The Morgan fingerprint density at radius 2 is 1.82 bits per heavy atom. The number of nitrogens with zero attached hydrogens (tertiary/aromatic N) is 2. The summed E-state index contributed by atoms with van der Waals surface area (Å²) >= 11 is 2.98. The van der Waals surface area contributed by atoms with E-state index in [2.05, 4.69) is 5.32 Å². The lowest BCUT2D eigenvalue weighted by Crippen LogP contribution is -2.46. The molecule has 6 nitrogen and oxygen atoms in total. The van der Waals surface area contributed by atoms with Crippen LogP contribution in [0.5, 0.6) is 0 Å². The zero-order valence-electron chi connectivity index (χ0n) is 12.2. The van der Waals surface area contributed by atoms with Crippen molar-refractivity contribution in [3.05, 3.63) is 16.3 Å². The van der Waals surface area contributed by atoms with E-state index in [1.165, 1.54) is 15.6 Å². The van der Waals surface area contributed by atoms with E-state index in [-0.39, 0.29) is 10.8 Å². The predicted octanol–water partition coefficient (Wildman–Crippen LogP) is 0.531. The molecule has 0 aromatic carbocycles. The van der Waals surface area contributed by atoms with Crippen molar-refractivity contribution in [2.24, 2.45) is 0 Å². The smallest absolute Gasteiger partial charge is 0.265 e. The molecule has 22 heavy (non-hydrogen) atoms. The lowest BCUT2D eigenvalue weighted by Gasteiger charge is -2.28.